The first-order valence-corrected chi connectivity index (χ1v) is 4.67. The zero-order valence-corrected chi connectivity index (χ0v) is 7.64. The molecule has 0 atom stereocenters. The molecule has 2 rings (SSSR count). The summed E-state index contributed by atoms with van der Waals surface area (Å²) in [5.74, 6) is 0. The van der Waals surface area contributed by atoms with Crippen LogP contribution in [0.1, 0.15) is 25.7 Å². The maximum absolute atomic E-state index is 5.36. The highest BCUT2D eigenvalue weighted by Crippen LogP contribution is 2.52. The first-order valence-electron chi connectivity index (χ1n) is 4.67. The summed E-state index contributed by atoms with van der Waals surface area (Å²) in [6, 6.07) is 0. The van der Waals surface area contributed by atoms with E-state index in [4.69, 9.17) is 9.47 Å². The third kappa shape index (κ3) is 1.14. The largest absolute Gasteiger partial charge is 0.504 e. The van der Waals surface area contributed by atoms with Gasteiger partial charge in [0.1, 0.15) is 0 Å². The van der Waals surface area contributed by atoms with Crippen LogP contribution in [0, 0.1) is 5.41 Å². The molecular formula is C10H16O2. The number of ether oxygens (including phenoxy) is 2. The maximum Gasteiger partial charge on any atom is 0.0822 e. The normalized spacial score (nSPS) is 30.2. The Hall–Kier alpha value is -0.500. The lowest BCUT2D eigenvalue weighted by atomic mass is 9.61. The quantitative estimate of drug-likeness (QED) is 0.558. The average molecular weight is 168 g/mol. The van der Waals surface area contributed by atoms with Crippen molar-refractivity contribution in [3.63, 3.8) is 0 Å². The fourth-order valence-corrected chi connectivity index (χ4v) is 2.28. The first-order chi connectivity index (χ1) is 5.87. The highest BCUT2D eigenvalue weighted by atomic mass is 16.5. The minimum Gasteiger partial charge on any atom is -0.504 e. The van der Waals surface area contributed by atoms with Crippen molar-refractivity contribution < 1.29 is 9.47 Å². The maximum atomic E-state index is 5.36. The standard InChI is InChI=1S/C10H16O2/c1-11-8-9-2-3-10(9)4-6-12-7-5-10/h8H,2-7H2,1H3/b9-8-. The summed E-state index contributed by atoms with van der Waals surface area (Å²) in [4.78, 5) is 0. The summed E-state index contributed by atoms with van der Waals surface area (Å²) in [7, 11) is 1.73. The number of methoxy groups -OCH3 is 1. The van der Waals surface area contributed by atoms with E-state index in [1.165, 1.54) is 31.3 Å². The van der Waals surface area contributed by atoms with Crippen molar-refractivity contribution in [3.8, 4) is 0 Å². The number of allylic oxidation sites excluding steroid dienone is 1. The molecule has 1 saturated heterocycles. The van der Waals surface area contributed by atoms with Gasteiger partial charge < -0.3 is 9.47 Å². The monoisotopic (exact) mass is 168 g/mol. The summed E-state index contributed by atoms with van der Waals surface area (Å²) < 4.78 is 10.4. The molecule has 0 amide bonds. The predicted molar refractivity (Wildman–Crippen MR) is 46.8 cm³/mol. The van der Waals surface area contributed by atoms with Crippen LogP contribution >= 0.6 is 0 Å². The molecule has 1 aliphatic carbocycles. The van der Waals surface area contributed by atoms with Gasteiger partial charge in [0.25, 0.3) is 0 Å². The third-order valence-electron chi connectivity index (χ3n) is 3.26. The fourth-order valence-electron chi connectivity index (χ4n) is 2.28. The Balaban J connectivity index is 2.05. The molecule has 0 N–H and O–H groups in total. The van der Waals surface area contributed by atoms with E-state index in [0.717, 1.165) is 13.2 Å². The molecule has 2 aliphatic rings. The van der Waals surface area contributed by atoms with Crippen LogP contribution < -0.4 is 0 Å². The van der Waals surface area contributed by atoms with Crippen LogP contribution in [0.5, 0.6) is 0 Å². The van der Waals surface area contributed by atoms with Crippen molar-refractivity contribution in [1.29, 1.82) is 0 Å². The molecule has 1 saturated carbocycles. The van der Waals surface area contributed by atoms with Crippen molar-refractivity contribution in [2.75, 3.05) is 20.3 Å². The second kappa shape index (κ2) is 3.09. The lowest BCUT2D eigenvalue weighted by Crippen LogP contribution is -2.38. The smallest absolute Gasteiger partial charge is 0.0822 e. The molecule has 1 heterocycles. The SMILES string of the molecule is CO/C=C1/CCC12CCOCC2. The van der Waals surface area contributed by atoms with Crippen LogP contribution in [0.15, 0.2) is 11.8 Å². The molecule has 0 aromatic carbocycles. The third-order valence-corrected chi connectivity index (χ3v) is 3.26. The van der Waals surface area contributed by atoms with Crippen LogP contribution in [0.25, 0.3) is 0 Å². The van der Waals surface area contributed by atoms with E-state index in [0.29, 0.717) is 5.41 Å². The molecular weight excluding hydrogens is 152 g/mol. The van der Waals surface area contributed by atoms with E-state index in [1.54, 1.807) is 7.11 Å². The lowest BCUT2D eigenvalue weighted by molar-refractivity contribution is 0.00568. The van der Waals surface area contributed by atoms with Gasteiger partial charge in [-0.05, 0) is 36.7 Å². The molecule has 2 heteroatoms. The average Bonchev–Trinajstić information content (AvgIpc) is 2.14. The van der Waals surface area contributed by atoms with Gasteiger partial charge >= 0.3 is 0 Å². The molecule has 0 radical (unpaired) electrons. The number of rotatable bonds is 1. The summed E-state index contributed by atoms with van der Waals surface area (Å²) in [6.07, 6.45) is 6.90. The number of hydrogen-bond acceptors (Lipinski definition) is 2. The van der Waals surface area contributed by atoms with Crippen molar-refractivity contribution in [1.82, 2.24) is 0 Å². The Morgan fingerprint density at radius 3 is 2.58 bits per heavy atom. The van der Waals surface area contributed by atoms with Gasteiger partial charge in [-0.25, -0.2) is 0 Å². The van der Waals surface area contributed by atoms with Crippen LogP contribution in [0.3, 0.4) is 0 Å². The Labute approximate surface area is 73.5 Å². The molecule has 2 fully saturated rings. The topological polar surface area (TPSA) is 18.5 Å². The van der Waals surface area contributed by atoms with E-state index in [-0.39, 0.29) is 0 Å². The van der Waals surface area contributed by atoms with Crippen LogP contribution in [0.2, 0.25) is 0 Å². The van der Waals surface area contributed by atoms with Crippen LogP contribution in [-0.4, -0.2) is 20.3 Å². The predicted octanol–water partition coefficient (Wildman–Crippen LogP) is 2.11. The van der Waals surface area contributed by atoms with Crippen molar-refractivity contribution in [2.24, 2.45) is 5.41 Å². The van der Waals surface area contributed by atoms with E-state index in [1.807, 2.05) is 6.26 Å². The summed E-state index contributed by atoms with van der Waals surface area (Å²) in [5, 5.41) is 0. The van der Waals surface area contributed by atoms with Gasteiger partial charge in [-0.3, -0.25) is 0 Å². The molecule has 1 aliphatic heterocycles. The van der Waals surface area contributed by atoms with Gasteiger partial charge in [0.15, 0.2) is 0 Å². The molecule has 12 heavy (non-hydrogen) atoms. The Bertz CT molecular complexity index is 190. The molecule has 0 bridgehead atoms. The second-order valence-corrected chi connectivity index (χ2v) is 3.77. The van der Waals surface area contributed by atoms with Crippen molar-refractivity contribution >= 4 is 0 Å². The number of hydrogen-bond donors (Lipinski definition) is 0. The molecule has 0 unspecified atom stereocenters. The molecule has 1 spiro atoms. The lowest BCUT2D eigenvalue weighted by Gasteiger charge is -2.46. The second-order valence-electron chi connectivity index (χ2n) is 3.77. The molecule has 0 aromatic heterocycles. The summed E-state index contributed by atoms with van der Waals surface area (Å²) >= 11 is 0. The summed E-state index contributed by atoms with van der Waals surface area (Å²) in [5.41, 5.74) is 1.99. The highest BCUT2D eigenvalue weighted by molar-refractivity contribution is 5.22. The van der Waals surface area contributed by atoms with Gasteiger partial charge in [-0.15, -0.1) is 0 Å². The van der Waals surface area contributed by atoms with Gasteiger partial charge in [0.05, 0.1) is 13.4 Å². The molecule has 68 valence electrons. The van der Waals surface area contributed by atoms with Crippen LogP contribution in [-0.2, 0) is 9.47 Å². The molecule has 2 nitrogen and oxygen atoms in total. The van der Waals surface area contributed by atoms with Crippen molar-refractivity contribution in [3.05, 3.63) is 11.8 Å². The minimum absolute atomic E-state index is 0.480. The van der Waals surface area contributed by atoms with E-state index in [9.17, 15) is 0 Å². The zero-order chi connectivity index (χ0) is 8.44. The fraction of sp³-hybridized carbons (Fsp3) is 0.800. The highest BCUT2D eigenvalue weighted by Gasteiger charge is 2.43. The van der Waals surface area contributed by atoms with E-state index < -0.39 is 0 Å². The zero-order valence-electron chi connectivity index (χ0n) is 7.64. The molecule has 0 aromatic rings. The minimum atomic E-state index is 0.480. The van der Waals surface area contributed by atoms with Crippen LogP contribution in [0.4, 0.5) is 0 Å². The van der Waals surface area contributed by atoms with Gasteiger partial charge in [0, 0.05) is 13.2 Å². The summed E-state index contributed by atoms with van der Waals surface area (Å²) in [6.45, 7) is 1.86. The van der Waals surface area contributed by atoms with E-state index >= 15 is 0 Å². The first kappa shape index (κ1) is 8.11. The van der Waals surface area contributed by atoms with Gasteiger partial charge in [-0.1, -0.05) is 0 Å². The van der Waals surface area contributed by atoms with E-state index in [2.05, 4.69) is 0 Å². The Morgan fingerprint density at radius 1 is 1.33 bits per heavy atom. The van der Waals surface area contributed by atoms with Gasteiger partial charge in [-0.2, -0.15) is 0 Å². The Kier molecular flexibility index (Phi) is 2.09. The van der Waals surface area contributed by atoms with Gasteiger partial charge in [0.2, 0.25) is 0 Å². The van der Waals surface area contributed by atoms with Crippen molar-refractivity contribution in [2.45, 2.75) is 25.7 Å². The Morgan fingerprint density at radius 2 is 2.08 bits per heavy atom.